The Balaban J connectivity index is 2.90. The number of hydrogen-bond acceptors (Lipinski definition) is 3. The molecule has 1 aromatic rings. The molecule has 0 aliphatic carbocycles. The van der Waals surface area contributed by atoms with Crippen molar-refractivity contribution in [1.82, 2.24) is 5.32 Å². The number of ether oxygens (including phenoxy) is 2. The Kier molecular flexibility index (Phi) is 7.04. The van der Waals surface area contributed by atoms with E-state index in [-0.39, 0.29) is 0 Å². The lowest BCUT2D eigenvalue weighted by Crippen LogP contribution is -2.06. The third-order valence-corrected chi connectivity index (χ3v) is 2.84. The highest BCUT2D eigenvalue weighted by atomic mass is 16.5. The first-order chi connectivity index (χ1) is 9.22. The van der Waals surface area contributed by atoms with Crippen LogP contribution in [0.1, 0.15) is 32.8 Å². The van der Waals surface area contributed by atoms with Gasteiger partial charge in [-0.15, -0.1) is 0 Å². The number of nitrogens with one attached hydrogen (secondary N) is 1. The van der Waals surface area contributed by atoms with Gasteiger partial charge < -0.3 is 14.8 Å². The number of benzene rings is 1. The Labute approximate surface area is 116 Å². The number of allylic oxidation sites excluding steroid dienone is 1. The molecule has 3 nitrogen and oxygen atoms in total. The van der Waals surface area contributed by atoms with Crippen LogP contribution in [0, 0.1) is 0 Å². The lowest BCUT2D eigenvalue weighted by molar-refractivity contribution is 0.287. The van der Waals surface area contributed by atoms with Crippen LogP contribution in [-0.4, -0.2) is 26.8 Å². The first kappa shape index (κ1) is 15.6. The molecule has 0 heterocycles. The molecule has 0 aromatic heterocycles. The molecule has 0 unspecified atom stereocenters. The van der Waals surface area contributed by atoms with Crippen molar-refractivity contribution in [3.05, 3.63) is 29.8 Å². The van der Waals surface area contributed by atoms with Crippen LogP contribution in [0.4, 0.5) is 0 Å². The minimum Gasteiger partial charge on any atom is -0.490 e. The lowest BCUT2D eigenvalue weighted by atomic mass is 10.1. The highest BCUT2D eigenvalue weighted by Crippen LogP contribution is 2.31. The predicted octanol–water partition coefficient (Wildman–Crippen LogP) is 3.50. The van der Waals surface area contributed by atoms with Gasteiger partial charge in [0.05, 0.1) is 13.2 Å². The average Bonchev–Trinajstić information content (AvgIpc) is 2.41. The van der Waals surface area contributed by atoms with Crippen molar-refractivity contribution >= 4 is 5.57 Å². The summed E-state index contributed by atoms with van der Waals surface area (Å²) in [4.78, 5) is 0. The summed E-state index contributed by atoms with van der Waals surface area (Å²) in [6, 6.07) is 6.12. The molecule has 0 saturated heterocycles. The van der Waals surface area contributed by atoms with E-state index in [0.29, 0.717) is 13.2 Å². The van der Waals surface area contributed by atoms with Gasteiger partial charge in [-0.05, 0) is 64.1 Å². The average molecular weight is 263 g/mol. The third-order valence-electron chi connectivity index (χ3n) is 2.84. The Morgan fingerprint density at radius 2 is 1.84 bits per heavy atom. The zero-order valence-corrected chi connectivity index (χ0v) is 12.5. The van der Waals surface area contributed by atoms with Gasteiger partial charge in [0.25, 0.3) is 0 Å². The second kappa shape index (κ2) is 8.59. The fourth-order valence-electron chi connectivity index (χ4n) is 1.85. The Morgan fingerprint density at radius 3 is 2.47 bits per heavy atom. The molecule has 3 heteroatoms. The van der Waals surface area contributed by atoms with Crippen LogP contribution in [0.15, 0.2) is 24.3 Å². The molecule has 0 fully saturated rings. The molecule has 0 aliphatic heterocycles. The maximum absolute atomic E-state index is 5.64. The van der Waals surface area contributed by atoms with Gasteiger partial charge in [-0.2, -0.15) is 0 Å². The maximum atomic E-state index is 5.64. The summed E-state index contributed by atoms with van der Waals surface area (Å²) in [6.45, 7) is 8.38. The van der Waals surface area contributed by atoms with Gasteiger partial charge in [0.2, 0.25) is 0 Å². The van der Waals surface area contributed by atoms with Crippen molar-refractivity contribution in [3.63, 3.8) is 0 Å². The van der Waals surface area contributed by atoms with Gasteiger partial charge in [0.1, 0.15) is 0 Å². The minimum absolute atomic E-state index is 0.645. The van der Waals surface area contributed by atoms with Crippen molar-refractivity contribution < 1.29 is 9.47 Å². The molecule has 1 aromatic carbocycles. The molecule has 0 spiro atoms. The normalized spacial score (nSPS) is 11.5. The maximum Gasteiger partial charge on any atom is 0.161 e. The molecule has 1 N–H and O–H groups in total. The van der Waals surface area contributed by atoms with Crippen LogP contribution >= 0.6 is 0 Å². The van der Waals surface area contributed by atoms with E-state index in [9.17, 15) is 0 Å². The summed E-state index contributed by atoms with van der Waals surface area (Å²) in [6.07, 6.45) is 3.27. The van der Waals surface area contributed by atoms with Crippen LogP contribution < -0.4 is 14.8 Å². The first-order valence-corrected chi connectivity index (χ1v) is 6.94. The van der Waals surface area contributed by atoms with Crippen molar-refractivity contribution in [1.29, 1.82) is 0 Å². The van der Waals surface area contributed by atoms with Crippen LogP contribution in [0.2, 0.25) is 0 Å². The van der Waals surface area contributed by atoms with Crippen molar-refractivity contribution in [3.8, 4) is 11.5 Å². The second-order valence-corrected chi connectivity index (χ2v) is 4.31. The van der Waals surface area contributed by atoms with Crippen molar-refractivity contribution in [2.75, 3.05) is 26.8 Å². The highest BCUT2D eigenvalue weighted by Gasteiger charge is 2.06. The van der Waals surface area contributed by atoms with Crippen molar-refractivity contribution in [2.45, 2.75) is 27.2 Å². The Morgan fingerprint density at radius 1 is 1.16 bits per heavy atom. The minimum atomic E-state index is 0.645. The van der Waals surface area contributed by atoms with E-state index in [1.165, 1.54) is 11.1 Å². The fourth-order valence-corrected chi connectivity index (χ4v) is 1.85. The van der Waals surface area contributed by atoms with Gasteiger partial charge in [0.15, 0.2) is 11.5 Å². The summed E-state index contributed by atoms with van der Waals surface area (Å²) in [5.74, 6) is 1.64. The van der Waals surface area contributed by atoms with E-state index in [1.54, 1.807) is 0 Å². The summed E-state index contributed by atoms with van der Waals surface area (Å²) in [5.41, 5.74) is 2.45. The van der Waals surface area contributed by atoms with Gasteiger partial charge in [0, 0.05) is 0 Å². The highest BCUT2D eigenvalue weighted by molar-refractivity contribution is 5.66. The van der Waals surface area contributed by atoms with Gasteiger partial charge in [-0.1, -0.05) is 12.1 Å². The molecule has 19 heavy (non-hydrogen) atoms. The van der Waals surface area contributed by atoms with Crippen LogP contribution in [-0.2, 0) is 0 Å². The van der Waals surface area contributed by atoms with Crippen LogP contribution in [0.25, 0.3) is 5.57 Å². The smallest absolute Gasteiger partial charge is 0.161 e. The number of hydrogen-bond donors (Lipinski definition) is 1. The Hall–Kier alpha value is -1.48. The van der Waals surface area contributed by atoms with E-state index in [0.717, 1.165) is 24.5 Å². The predicted molar refractivity (Wildman–Crippen MR) is 81.0 cm³/mol. The zero-order chi connectivity index (χ0) is 14.1. The molecule has 1 rings (SSSR count). The summed E-state index contributed by atoms with van der Waals surface area (Å²) in [5, 5.41) is 3.14. The van der Waals surface area contributed by atoms with Gasteiger partial charge >= 0.3 is 0 Å². The molecule has 0 saturated carbocycles. The molecule has 0 bridgehead atoms. The largest absolute Gasteiger partial charge is 0.490 e. The van der Waals surface area contributed by atoms with Crippen LogP contribution in [0.3, 0.4) is 0 Å². The molecule has 0 amide bonds. The van der Waals surface area contributed by atoms with E-state index >= 15 is 0 Å². The van der Waals surface area contributed by atoms with E-state index < -0.39 is 0 Å². The summed E-state index contributed by atoms with van der Waals surface area (Å²) >= 11 is 0. The molecular weight excluding hydrogens is 238 g/mol. The third kappa shape index (κ3) is 4.95. The Bertz CT molecular complexity index is 413. The molecule has 0 radical (unpaired) electrons. The lowest BCUT2D eigenvalue weighted by Gasteiger charge is -2.12. The standard InChI is InChI=1S/C16H25NO2/c1-5-18-15-10-9-14(12-16(15)19-6-2)13(3)8-7-11-17-4/h8-10,12,17H,5-7,11H2,1-4H3. The van der Waals surface area contributed by atoms with Crippen molar-refractivity contribution in [2.24, 2.45) is 0 Å². The topological polar surface area (TPSA) is 30.5 Å². The molecule has 106 valence electrons. The molecule has 0 aliphatic rings. The van der Waals surface area contributed by atoms with Gasteiger partial charge in [-0.25, -0.2) is 0 Å². The van der Waals surface area contributed by atoms with E-state index in [2.05, 4.69) is 30.4 Å². The quantitative estimate of drug-likeness (QED) is 0.728. The fraction of sp³-hybridized carbons (Fsp3) is 0.500. The number of rotatable bonds is 8. The summed E-state index contributed by atoms with van der Waals surface area (Å²) in [7, 11) is 1.97. The SMILES string of the molecule is CCOc1ccc(C(C)=CCCNC)cc1OCC. The summed E-state index contributed by atoms with van der Waals surface area (Å²) < 4.78 is 11.2. The monoisotopic (exact) mass is 263 g/mol. The van der Waals surface area contributed by atoms with E-state index in [4.69, 9.17) is 9.47 Å². The molecular formula is C16H25NO2. The van der Waals surface area contributed by atoms with E-state index in [1.807, 2.05) is 27.0 Å². The van der Waals surface area contributed by atoms with Gasteiger partial charge in [-0.3, -0.25) is 0 Å². The zero-order valence-electron chi connectivity index (χ0n) is 12.5. The van der Waals surface area contributed by atoms with Crippen LogP contribution in [0.5, 0.6) is 11.5 Å². The first-order valence-electron chi connectivity index (χ1n) is 6.94. The second-order valence-electron chi connectivity index (χ2n) is 4.31. The molecule has 0 atom stereocenters.